The van der Waals surface area contributed by atoms with E-state index in [2.05, 4.69) is 20.9 Å². The van der Waals surface area contributed by atoms with Gasteiger partial charge in [-0.25, -0.2) is 16.8 Å². The summed E-state index contributed by atoms with van der Waals surface area (Å²) in [6, 6.07) is 3.28. The maximum absolute atomic E-state index is 12.8. The number of nitrogens with zero attached hydrogens (tertiary/aromatic N) is 2. The van der Waals surface area contributed by atoms with Crippen LogP contribution in [0.3, 0.4) is 0 Å². The van der Waals surface area contributed by atoms with E-state index >= 15 is 0 Å². The Hall–Kier alpha value is -2.74. The fraction of sp³-hybridized carbons (Fsp3) is 0.765. The number of hydrogen-bond acceptors (Lipinski definition) is 10. The number of carbonyl (C=O) groups is 2. The SMILES string of the molecule is CC(C)(C)c1cc(NC(=O)C(C)(C)S(=O)(=O)C2CCCC2)on1.CC(C)(C)c1cc(NC(=O)C(C)(C)S(=O)(=O)CC2CCCCC2)on1. The minimum atomic E-state index is -3.57. The highest BCUT2D eigenvalue weighted by atomic mass is 32.2. The van der Waals surface area contributed by atoms with Gasteiger partial charge in [-0.05, 0) is 59.3 Å². The molecule has 0 saturated heterocycles. The van der Waals surface area contributed by atoms with Crippen molar-refractivity contribution in [3.05, 3.63) is 23.5 Å². The first-order valence-electron chi connectivity index (χ1n) is 16.9. The molecule has 0 radical (unpaired) electrons. The predicted octanol–water partition coefficient (Wildman–Crippen LogP) is 6.73. The van der Waals surface area contributed by atoms with E-state index in [1.54, 1.807) is 12.1 Å². The molecule has 14 heteroatoms. The van der Waals surface area contributed by atoms with Crippen LogP contribution in [0.2, 0.25) is 0 Å². The van der Waals surface area contributed by atoms with Gasteiger partial charge >= 0.3 is 0 Å². The van der Waals surface area contributed by atoms with E-state index in [4.69, 9.17) is 9.05 Å². The van der Waals surface area contributed by atoms with Crippen molar-refractivity contribution in [1.29, 1.82) is 0 Å². The van der Waals surface area contributed by atoms with E-state index in [1.165, 1.54) is 34.1 Å². The van der Waals surface area contributed by atoms with Crippen LogP contribution in [0.25, 0.3) is 0 Å². The third-order valence-electron chi connectivity index (χ3n) is 9.53. The van der Waals surface area contributed by atoms with Crippen LogP contribution in [0, 0.1) is 5.92 Å². The van der Waals surface area contributed by atoms with Gasteiger partial charge in [0.1, 0.15) is 9.49 Å². The van der Waals surface area contributed by atoms with Gasteiger partial charge in [0.05, 0.1) is 22.4 Å². The van der Waals surface area contributed by atoms with Crippen molar-refractivity contribution >= 4 is 43.3 Å². The van der Waals surface area contributed by atoms with Crippen LogP contribution in [0.5, 0.6) is 0 Å². The average Bonchev–Trinajstić information content (AvgIpc) is 3.75. The first-order chi connectivity index (χ1) is 21.9. The molecule has 0 atom stereocenters. The second-order valence-electron chi connectivity index (χ2n) is 16.3. The summed E-state index contributed by atoms with van der Waals surface area (Å²) in [6.07, 6.45) is 8.23. The number of anilines is 2. The first-order valence-corrected chi connectivity index (χ1v) is 20.1. The summed E-state index contributed by atoms with van der Waals surface area (Å²) in [4.78, 5) is 25.1. The normalized spacial score (nSPS) is 17.5. The van der Waals surface area contributed by atoms with Crippen molar-refractivity contribution in [2.75, 3.05) is 16.4 Å². The first kappa shape index (κ1) is 39.7. The van der Waals surface area contributed by atoms with E-state index in [0.29, 0.717) is 24.2 Å². The van der Waals surface area contributed by atoms with Crippen LogP contribution < -0.4 is 10.6 Å². The van der Waals surface area contributed by atoms with Crippen LogP contribution in [-0.2, 0) is 40.1 Å². The lowest BCUT2D eigenvalue weighted by atomic mass is 9.91. The van der Waals surface area contributed by atoms with E-state index < -0.39 is 46.2 Å². The zero-order valence-corrected chi connectivity index (χ0v) is 32.0. The molecular formula is C34H56N4O8S2. The van der Waals surface area contributed by atoms with Gasteiger partial charge in [0.15, 0.2) is 19.7 Å². The maximum atomic E-state index is 12.8. The minimum absolute atomic E-state index is 0.0665. The Bertz CT molecular complexity index is 1630. The molecule has 0 bridgehead atoms. The Balaban J connectivity index is 0.000000261. The summed E-state index contributed by atoms with van der Waals surface area (Å²) in [6.45, 7) is 17.7. The van der Waals surface area contributed by atoms with Crippen molar-refractivity contribution < 1.29 is 35.5 Å². The molecule has 4 rings (SSSR count). The van der Waals surface area contributed by atoms with Gasteiger partial charge < -0.3 is 9.05 Å². The van der Waals surface area contributed by atoms with Gasteiger partial charge in [0.25, 0.3) is 0 Å². The molecule has 12 nitrogen and oxygen atoms in total. The topological polar surface area (TPSA) is 179 Å². The van der Waals surface area contributed by atoms with Gasteiger partial charge in [-0.15, -0.1) is 0 Å². The molecule has 2 aliphatic carbocycles. The van der Waals surface area contributed by atoms with E-state index in [-0.39, 0.29) is 34.3 Å². The second kappa shape index (κ2) is 14.6. The quantitative estimate of drug-likeness (QED) is 0.283. The number of carbonyl (C=O) groups excluding carboxylic acids is 2. The van der Waals surface area contributed by atoms with E-state index in [1.807, 2.05) is 41.5 Å². The van der Waals surface area contributed by atoms with Crippen LogP contribution in [-0.4, -0.2) is 59.5 Å². The standard InChI is InChI=1S/C18H30N2O4S.C16H26N2O4S/c1-17(2,3)14-11-15(24-20-14)19-16(21)18(4,5)25(22,23)12-13-9-7-6-8-10-13;1-15(2,3)12-10-13(22-18-12)17-14(19)16(4,5)23(20,21)11-8-6-7-9-11/h11,13H,6-10,12H2,1-5H3,(H,19,21);10-11H,6-9H2,1-5H3,(H,17,19). The Morgan fingerprint density at radius 2 is 1.06 bits per heavy atom. The van der Waals surface area contributed by atoms with Crippen molar-refractivity contribution in [2.24, 2.45) is 5.92 Å². The fourth-order valence-corrected chi connectivity index (χ4v) is 9.46. The molecule has 0 aromatic carbocycles. The molecule has 2 aromatic heterocycles. The molecule has 0 spiro atoms. The Kier molecular flexibility index (Phi) is 12.1. The highest BCUT2D eigenvalue weighted by molar-refractivity contribution is 7.94. The summed E-state index contributed by atoms with van der Waals surface area (Å²) in [7, 11) is -7.13. The third-order valence-corrected chi connectivity index (χ3v) is 15.1. The highest BCUT2D eigenvalue weighted by Crippen LogP contribution is 2.34. The smallest absolute Gasteiger partial charge is 0.247 e. The number of hydrogen-bond donors (Lipinski definition) is 2. The molecule has 2 saturated carbocycles. The van der Waals surface area contributed by atoms with Crippen molar-refractivity contribution in [3.63, 3.8) is 0 Å². The molecule has 0 unspecified atom stereocenters. The lowest BCUT2D eigenvalue weighted by Crippen LogP contribution is -2.48. The van der Waals surface area contributed by atoms with Crippen LogP contribution in [0.1, 0.15) is 138 Å². The predicted molar refractivity (Wildman–Crippen MR) is 187 cm³/mol. The molecule has 2 N–H and O–H groups in total. The van der Waals surface area contributed by atoms with Gasteiger partial charge in [0, 0.05) is 23.0 Å². The lowest BCUT2D eigenvalue weighted by molar-refractivity contribution is -0.118. The number of sulfone groups is 2. The summed E-state index contributed by atoms with van der Waals surface area (Å²) < 4.78 is 58.3. The fourth-order valence-electron chi connectivity index (χ4n) is 5.66. The molecule has 2 aromatic rings. The number of amides is 2. The number of nitrogens with one attached hydrogen (secondary N) is 2. The van der Waals surface area contributed by atoms with Crippen LogP contribution in [0.4, 0.5) is 11.8 Å². The Morgan fingerprint density at radius 3 is 1.46 bits per heavy atom. The van der Waals surface area contributed by atoms with Gasteiger partial charge in [-0.1, -0.05) is 84.0 Å². The van der Waals surface area contributed by atoms with E-state index in [0.717, 1.165) is 38.5 Å². The molecule has 2 heterocycles. The van der Waals surface area contributed by atoms with Crippen molar-refractivity contribution in [1.82, 2.24) is 10.3 Å². The molecule has 48 heavy (non-hydrogen) atoms. The summed E-state index contributed by atoms with van der Waals surface area (Å²) in [5, 5.41) is 12.6. The lowest BCUT2D eigenvalue weighted by Gasteiger charge is -2.27. The number of aromatic nitrogens is 2. The Morgan fingerprint density at radius 1 is 0.667 bits per heavy atom. The molecule has 272 valence electrons. The largest absolute Gasteiger partial charge is 0.338 e. The molecule has 0 aliphatic heterocycles. The molecule has 2 fully saturated rings. The van der Waals surface area contributed by atoms with E-state index in [9.17, 15) is 26.4 Å². The third kappa shape index (κ3) is 9.28. The summed E-state index contributed by atoms with van der Waals surface area (Å²) in [5.41, 5.74) is 0.974. The highest BCUT2D eigenvalue weighted by Gasteiger charge is 2.47. The summed E-state index contributed by atoms with van der Waals surface area (Å²) in [5.74, 6) is -0.591. The zero-order chi connectivity index (χ0) is 36.3. The average molecular weight is 713 g/mol. The monoisotopic (exact) mass is 712 g/mol. The van der Waals surface area contributed by atoms with Gasteiger partial charge in [-0.2, -0.15) is 0 Å². The van der Waals surface area contributed by atoms with Gasteiger partial charge in [0.2, 0.25) is 23.6 Å². The molecular weight excluding hydrogens is 657 g/mol. The van der Waals surface area contributed by atoms with Crippen LogP contribution in [0.15, 0.2) is 21.2 Å². The minimum Gasteiger partial charge on any atom is -0.338 e. The van der Waals surface area contributed by atoms with Crippen molar-refractivity contribution in [2.45, 2.75) is 153 Å². The molecule has 2 amide bonds. The second-order valence-corrected chi connectivity index (χ2v) is 21.7. The molecule has 2 aliphatic rings. The van der Waals surface area contributed by atoms with Crippen molar-refractivity contribution in [3.8, 4) is 0 Å². The summed E-state index contributed by atoms with van der Waals surface area (Å²) >= 11 is 0. The van der Waals surface area contributed by atoms with Gasteiger partial charge in [-0.3, -0.25) is 20.2 Å². The zero-order valence-electron chi connectivity index (χ0n) is 30.4. The Labute approximate surface area is 286 Å². The van der Waals surface area contributed by atoms with Crippen LogP contribution >= 0.6 is 0 Å². The number of rotatable bonds is 9. The maximum Gasteiger partial charge on any atom is 0.247 e.